The summed E-state index contributed by atoms with van der Waals surface area (Å²) in [6.45, 7) is 4.56. The van der Waals surface area contributed by atoms with Crippen molar-refractivity contribution in [2.45, 2.75) is 64.3 Å². The average molecular weight is 474 g/mol. The number of aromatic nitrogens is 1. The lowest BCUT2D eigenvalue weighted by Crippen LogP contribution is -2.40. The summed E-state index contributed by atoms with van der Waals surface area (Å²) in [6, 6.07) is 5.43. The highest BCUT2D eigenvalue weighted by Gasteiger charge is 2.28. The molecule has 0 radical (unpaired) electrons. The molecule has 0 spiro atoms. The lowest BCUT2D eigenvalue weighted by Gasteiger charge is -2.34. The molecule has 4 rings (SSSR count). The van der Waals surface area contributed by atoms with Crippen molar-refractivity contribution in [3.8, 4) is 0 Å². The smallest absolute Gasteiger partial charge is 0.227 e. The van der Waals surface area contributed by atoms with E-state index in [0.717, 1.165) is 82.4 Å². The van der Waals surface area contributed by atoms with Gasteiger partial charge in [0.15, 0.2) is 17.4 Å². The van der Waals surface area contributed by atoms with Gasteiger partial charge in [-0.3, -0.25) is 9.59 Å². The van der Waals surface area contributed by atoms with Gasteiger partial charge in [-0.05, 0) is 95.6 Å². The maximum Gasteiger partial charge on any atom is 0.227 e. The van der Waals surface area contributed by atoms with Gasteiger partial charge in [0.25, 0.3) is 0 Å². The number of nitrogens with one attached hydrogen (secondary N) is 1. The van der Waals surface area contributed by atoms with E-state index in [1.54, 1.807) is 6.07 Å². The van der Waals surface area contributed by atoms with Crippen LogP contribution in [0.2, 0.25) is 0 Å². The minimum Gasteiger partial charge on any atom is -0.361 e. The van der Waals surface area contributed by atoms with Gasteiger partial charge in [-0.25, -0.2) is 8.78 Å². The highest BCUT2D eigenvalue weighted by Crippen LogP contribution is 2.28. The molecule has 0 unspecified atom stereocenters. The second kappa shape index (κ2) is 11.2. The summed E-state index contributed by atoms with van der Waals surface area (Å²) in [7, 11) is 0. The Morgan fingerprint density at radius 2 is 1.79 bits per heavy atom. The molecular weight excluding hydrogens is 440 g/mol. The minimum atomic E-state index is -0.970. The number of ketones is 1. The fraction of sp³-hybridized carbons (Fsp3) is 0.577. The molecule has 1 aliphatic carbocycles. The van der Waals surface area contributed by atoms with Gasteiger partial charge in [-0.2, -0.15) is 0 Å². The Bertz CT molecular complexity index is 993. The minimum absolute atomic E-state index is 0.0135. The molecule has 1 aliphatic heterocycles. The van der Waals surface area contributed by atoms with E-state index in [-0.39, 0.29) is 35.6 Å². The zero-order chi connectivity index (χ0) is 24.1. The van der Waals surface area contributed by atoms with E-state index >= 15 is 0 Å². The van der Waals surface area contributed by atoms with Crippen LogP contribution < -0.4 is 5.32 Å². The lowest BCUT2D eigenvalue weighted by atomic mass is 9.83. The van der Waals surface area contributed by atoms with Crippen LogP contribution in [0.1, 0.15) is 66.8 Å². The molecule has 8 heteroatoms. The number of Topliss-reactive ketones (excluding diaryl/α,β-unsaturated/α-hetero) is 1. The number of nitrogens with zero attached hydrogens (tertiary/aromatic N) is 2. The first-order valence-corrected chi connectivity index (χ1v) is 12.3. The summed E-state index contributed by atoms with van der Waals surface area (Å²) in [5.41, 5.74) is 1.04. The Kier molecular flexibility index (Phi) is 8.08. The molecule has 34 heavy (non-hydrogen) atoms. The summed E-state index contributed by atoms with van der Waals surface area (Å²) in [4.78, 5) is 27.3. The zero-order valence-corrected chi connectivity index (χ0v) is 19.7. The Balaban J connectivity index is 1.12. The molecule has 0 bridgehead atoms. The van der Waals surface area contributed by atoms with Crippen molar-refractivity contribution in [3.63, 3.8) is 0 Å². The van der Waals surface area contributed by atoms with Gasteiger partial charge >= 0.3 is 0 Å². The van der Waals surface area contributed by atoms with E-state index in [1.165, 1.54) is 6.07 Å². The molecule has 6 nitrogen and oxygen atoms in total. The summed E-state index contributed by atoms with van der Waals surface area (Å²) in [6.07, 6.45) is 7.07. The van der Waals surface area contributed by atoms with E-state index in [9.17, 15) is 18.4 Å². The van der Waals surface area contributed by atoms with Gasteiger partial charge in [0.2, 0.25) is 5.91 Å². The molecule has 1 aromatic carbocycles. The number of rotatable bonds is 8. The predicted molar refractivity (Wildman–Crippen MR) is 123 cm³/mol. The normalized spacial score (nSPS) is 22.0. The van der Waals surface area contributed by atoms with E-state index < -0.39 is 11.6 Å². The predicted octanol–water partition coefficient (Wildman–Crippen LogP) is 4.46. The Morgan fingerprint density at radius 1 is 1.06 bits per heavy atom. The number of halogens is 2. The summed E-state index contributed by atoms with van der Waals surface area (Å²) >= 11 is 0. The number of likely N-dealkylation sites (tertiary alicyclic amines) is 1. The van der Waals surface area contributed by atoms with Crippen LogP contribution in [0.25, 0.3) is 0 Å². The highest BCUT2D eigenvalue weighted by atomic mass is 19.2. The number of amides is 1. The first-order chi connectivity index (χ1) is 16.4. The molecule has 1 saturated heterocycles. The first-order valence-electron chi connectivity index (χ1n) is 12.3. The van der Waals surface area contributed by atoms with E-state index in [0.29, 0.717) is 11.7 Å². The average Bonchev–Trinajstić information content (AvgIpc) is 3.24. The molecular formula is C26H33F2N3O3. The van der Waals surface area contributed by atoms with Crippen LogP contribution in [0.3, 0.4) is 0 Å². The number of hydrogen-bond acceptors (Lipinski definition) is 5. The van der Waals surface area contributed by atoms with Gasteiger partial charge in [0.1, 0.15) is 5.76 Å². The topological polar surface area (TPSA) is 75.4 Å². The molecule has 2 heterocycles. The Morgan fingerprint density at radius 3 is 2.44 bits per heavy atom. The second-order valence-electron chi connectivity index (χ2n) is 9.79. The molecule has 1 amide bonds. The van der Waals surface area contributed by atoms with E-state index in [2.05, 4.69) is 15.4 Å². The molecule has 184 valence electrons. The number of piperidine rings is 1. The largest absolute Gasteiger partial charge is 0.361 e. The number of carbonyl (C=O) groups excluding carboxylic acids is 2. The van der Waals surface area contributed by atoms with E-state index in [4.69, 9.17) is 4.52 Å². The highest BCUT2D eigenvalue weighted by molar-refractivity contribution is 5.97. The van der Waals surface area contributed by atoms with Gasteiger partial charge in [0.05, 0.1) is 12.1 Å². The Labute approximate surface area is 199 Å². The van der Waals surface area contributed by atoms with Crippen molar-refractivity contribution < 1.29 is 22.9 Å². The lowest BCUT2D eigenvalue weighted by molar-refractivity contribution is -0.121. The summed E-state index contributed by atoms with van der Waals surface area (Å²) in [5.74, 6) is -0.865. The van der Waals surface area contributed by atoms with Gasteiger partial charge in [0, 0.05) is 23.6 Å². The molecule has 1 saturated carbocycles. The Hall–Kier alpha value is -2.61. The molecule has 0 atom stereocenters. The van der Waals surface area contributed by atoms with Gasteiger partial charge in [-0.15, -0.1) is 0 Å². The van der Waals surface area contributed by atoms with Gasteiger partial charge in [-0.1, -0.05) is 5.16 Å². The van der Waals surface area contributed by atoms with Crippen LogP contribution >= 0.6 is 0 Å². The van der Waals surface area contributed by atoms with Crippen molar-refractivity contribution >= 4 is 11.7 Å². The van der Waals surface area contributed by atoms with Crippen LogP contribution in [0.4, 0.5) is 8.78 Å². The van der Waals surface area contributed by atoms with Crippen LogP contribution in [-0.2, 0) is 11.2 Å². The molecule has 2 aliphatic rings. The van der Waals surface area contributed by atoms with Crippen molar-refractivity contribution in [1.29, 1.82) is 0 Å². The van der Waals surface area contributed by atoms with E-state index in [1.807, 2.05) is 6.92 Å². The molecule has 2 fully saturated rings. The second-order valence-corrected chi connectivity index (χ2v) is 9.79. The standard InChI is InChI=1S/C26H33F2N3O3/c1-17-14-22(34-30-17)16-25(32)29-21-5-2-18(3-6-21)8-11-31-12-9-19(10-13-31)26(33)20-4-7-23(27)24(28)15-20/h4,7,14-15,18-19,21H,2-3,5-6,8-13,16H2,1H3,(H,29,32). The van der Waals surface area contributed by atoms with Gasteiger partial charge < -0.3 is 14.7 Å². The number of aryl methyl sites for hydroxylation is 1. The first kappa shape index (κ1) is 24.5. The third-order valence-electron chi connectivity index (χ3n) is 7.24. The molecule has 1 N–H and O–H groups in total. The number of hydrogen-bond donors (Lipinski definition) is 1. The van der Waals surface area contributed by atoms with Crippen LogP contribution in [-0.4, -0.2) is 47.4 Å². The van der Waals surface area contributed by atoms with Crippen molar-refractivity contribution in [2.24, 2.45) is 11.8 Å². The quantitative estimate of drug-likeness (QED) is 0.573. The zero-order valence-electron chi connectivity index (χ0n) is 19.7. The molecule has 1 aromatic heterocycles. The fourth-order valence-corrected chi connectivity index (χ4v) is 5.20. The number of carbonyl (C=O) groups is 2. The number of benzene rings is 1. The van der Waals surface area contributed by atoms with Crippen molar-refractivity contribution in [2.75, 3.05) is 19.6 Å². The maximum absolute atomic E-state index is 13.5. The van der Waals surface area contributed by atoms with Crippen LogP contribution in [0.5, 0.6) is 0 Å². The molecule has 2 aromatic rings. The SMILES string of the molecule is Cc1cc(CC(=O)NC2CCC(CCN3CCC(C(=O)c4ccc(F)c(F)c4)CC3)CC2)on1. The van der Waals surface area contributed by atoms with Crippen molar-refractivity contribution in [1.82, 2.24) is 15.4 Å². The third kappa shape index (κ3) is 6.50. The fourth-order valence-electron chi connectivity index (χ4n) is 5.20. The van der Waals surface area contributed by atoms with Crippen LogP contribution in [0, 0.1) is 30.4 Å². The monoisotopic (exact) mass is 473 g/mol. The maximum atomic E-state index is 13.5. The summed E-state index contributed by atoms with van der Waals surface area (Å²) < 4.78 is 31.7. The summed E-state index contributed by atoms with van der Waals surface area (Å²) in [5, 5.41) is 6.94. The third-order valence-corrected chi connectivity index (χ3v) is 7.24. The van der Waals surface area contributed by atoms with Crippen molar-refractivity contribution in [3.05, 3.63) is 52.9 Å². The van der Waals surface area contributed by atoms with Crippen LogP contribution in [0.15, 0.2) is 28.8 Å².